The summed E-state index contributed by atoms with van der Waals surface area (Å²) in [5.41, 5.74) is 1.98. The van der Waals surface area contributed by atoms with Crippen LogP contribution in [0.2, 0.25) is 0 Å². The summed E-state index contributed by atoms with van der Waals surface area (Å²) in [5, 5.41) is 12.9. The van der Waals surface area contributed by atoms with Gasteiger partial charge in [-0.15, -0.1) is 0 Å². The van der Waals surface area contributed by atoms with Gasteiger partial charge in [0.2, 0.25) is 0 Å². The van der Waals surface area contributed by atoms with E-state index >= 15 is 0 Å². The number of anilines is 1. The molecule has 0 spiro atoms. The molecule has 2 aromatic carbocycles. The predicted octanol–water partition coefficient (Wildman–Crippen LogP) is 3.70. The molecule has 3 rings (SSSR count). The van der Waals surface area contributed by atoms with E-state index in [0.717, 1.165) is 21.5 Å². The highest BCUT2D eigenvalue weighted by molar-refractivity contribution is 9.10. The van der Waals surface area contributed by atoms with Crippen LogP contribution in [-0.4, -0.2) is 11.7 Å². The summed E-state index contributed by atoms with van der Waals surface area (Å²) >= 11 is 3.46. The SMILES string of the molecule is Oc1cccc(C2COc3c(Br)cccc3N2)c1. The Kier molecular flexibility index (Phi) is 2.88. The molecule has 0 saturated heterocycles. The maximum Gasteiger partial charge on any atom is 0.156 e. The molecular weight excluding hydrogens is 294 g/mol. The van der Waals surface area contributed by atoms with E-state index in [0.29, 0.717) is 6.61 Å². The standard InChI is InChI=1S/C14H12BrNO2/c15-11-5-2-6-12-14(11)18-8-13(16-12)9-3-1-4-10(17)7-9/h1-7,13,16-17H,8H2. The second kappa shape index (κ2) is 4.53. The monoisotopic (exact) mass is 305 g/mol. The lowest BCUT2D eigenvalue weighted by Crippen LogP contribution is -2.24. The molecule has 0 aromatic heterocycles. The number of nitrogens with one attached hydrogen (secondary N) is 1. The van der Waals surface area contributed by atoms with Crippen molar-refractivity contribution in [1.29, 1.82) is 0 Å². The Hall–Kier alpha value is -1.68. The van der Waals surface area contributed by atoms with Crippen LogP contribution in [0.5, 0.6) is 11.5 Å². The van der Waals surface area contributed by atoms with Gasteiger partial charge in [-0.2, -0.15) is 0 Å². The third-order valence-corrected chi connectivity index (χ3v) is 3.59. The molecule has 4 heteroatoms. The second-order valence-corrected chi connectivity index (χ2v) is 5.07. The van der Waals surface area contributed by atoms with Gasteiger partial charge in [-0.1, -0.05) is 18.2 Å². The number of aromatic hydroxyl groups is 1. The summed E-state index contributed by atoms with van der Waals surface area (Å²) in [6, 6.07) is 13.2. The van der Waals surface area contributed by atoms with Crippen molar-refractivity contribution >= 4 is 21.6 Å². The Labute approximate surface area is 114 Å². The summed E-state index contributed by atoms with van der Waals surface area (Å²) in [6.45, 7) is 0.541. The van der Waals surface area contributed by atoms with Crippen molar-refractivity contribution in [3.63, 3.8) is 0 Å². The van der Waals surface area contributed by atoms with Crippen molar-refractivity contribution in [3.05, 3.63) is 52.5 Å². The van der Waals surface area contributed by atoms with Crippen LogP contribution in [-0.2, 0) is 0 Å². The fourth-order valence-electron chi connectivity index (χ4n) is 2.09. The number of halogens is 1. The number of ether oxygens (including phenoxy) is 1. The van der Waals surface area contributed by atoms with Gasteiger partial charge in [0.1, 0.15) is 12.4 Å². The Morgan fingerprint density at radius 3 is 2.89 bits per heavy atom. The fraction of sp³-hybridized carbons (Fsp3) is 0.143. The van der Waals surface area contributed by atoms with Crippen molar-refractivity contribution in [2.75, 3.05) is 11.9 Å². The molecule has 1 aliphatic heterocycles. The van der Waals surface area contributed by atoms with Crippen LogP contribution < -0.4 is 10.1 Å². The van der Waals surface area contributed by atoms with Crippen LogP contribution >= 0.6 is 15.9 Å². The van der Waals surface area contributed by atoms with Crippen LogP contribution in [0, 0.1) is 0 Å². The number of para-hydroxylation sites is 1. The van der Waals surface area contributed by atoms with E-state index in [-0.39, 0.29) is 11.8 Å². The Balaban J connectivity index is 1.91. The van der Waals surface area contributed by atoms with E-state index in [9.17, 15) is 5.11 Å². The summed E-state index contributed by atoms with van der Waals surface area (Å²) < 4.78 is 6.72. The van der Waals surface area contributed by atoms with Gasteiger partial charge in [-0.3, -0.25) is 0 Å². The summed E-state index contributed by atoms with van der Waals surface area (Å²) in [5.74, 6) is 1.11. The van der Waals surface area contributed by atoms with E-state index in [1.807, 2.05) is 30.3 Å². The van der Waals surface area contributed by atoms with Gasteiger partial charge in [-0.05, 0) is 45.8 Å². The lowest BCUT2D eigenvalue weighted by molar-refractivity contribution is 0.284. The highest BCUT2D eigenvalue weighted by Crippen LogP contribution is 2.39. The maximum atomic E-state index is 9.51. The third kappa shape index (κ3) is 2.04. The van der Waals surface area contributed by atoms with E-state index in [4.69, 9.17) is 4.74 Å². The molecule has 18 heavy (non-hydrogen) atoms. The molecule has 3 nitrogen and oxygen atoms in total. The largest absolute Gasteiger partial charge is 0.508 e. The van der Waals surface area contributed by atoms with Crippen molar-refractivity contribution in [2.24, 2.45) is 0 Å². The molecule has 0 bridgehead atoms. The van der Waals surface area contributed by atoms with Crippen LogP contribution in [0.1, 0.15) is 11.6 Å². The summed E-state index contributed by atoms with van der Waals surface area (Å²) in [4.78, 5) is 0. The lowest BCUT2D eigenvalue weighted by atomic mass is 10.1. The first-order valence-corrected chi connectivity index (χ1v) is 6.50. The number of phenolic OH excluding ortho intramolecular Hbond substituents is 1. The zero-order valence-corrected chi connectivity index (χ0v) is 11.1. The average molecular weight is 306 g/mol. The van der Waals surface area contributed by atoms with E-state index < -0.39 is 0 Å². The van der Waals surface area contributed by atoms with Crippen molar-refractivity contribution in [3.8, 4) is 11.5 Å². The maximum absolute atomic E-state index is 9.51. The number of phenols is 1. The first-order chi connectivity index (χ1) is 8.74. The second-order valence-electron chi connectivity index (χ2n) is 4.22. The van der Waals surface area contributed by atoms with Crippen LogP contribution in [0.4, 0.5) is 5.69 Å². The van der Waals surface area contributed by atoms with Crippen molar-refractivity contribution in [2.45, 2.75) is 6.04 Å². The molecule has 0 aliphatic carbocycles. The Bertz CT molecular complexity index is 586. The quantitative estimate of drug-likeness (QED) is 0.844. The molecule has 2 aromatic rings. The molecule has 0 saturated carbocycles. The van der Waals surface area contributed by atoms with E-state index in [1.165, 1.54) is 0 Å². The van der Waals surface area contributed by atoms with E-state index in [1.54, 1.807) is 12.1 Å². The summed E-state index contributed by atoms with van der Waals surface area (Å²) in [7, 11) is 0. The zero-order chi connectivity index (χ0) is 12.5. The van der Waals surface area contributed by atoms with Gasteiger partial charge in [0, 0.05) is 0 Å². The third-order valence-electron chi connectivity index (χ3n) is 2.96. The van der Waals surface area contributed by atoms with Crippen LogP contribution in [0.15, 0.2) is 46.9 Å². The Morgan fingerprint density at radius 2 is 2.06 bits per heavy atom. The normalized spacial score (nSPS) is 17.5. The first-order valence-electron chi connectivity index (χ1n) is 5.71. The molecule has 1 atom stereocenters. The van der Waals surface area contributed by atoms with Gasteiger partial charge < -0.3 is 15.2 Å². The first kappa shape index (κ1) is 11.4. The van der Waals surface area contributed by atoms with Gasteiger partial charge in [0.25, 0.3) is 0 Å². The van der Waals surface area contributed by atoms with Crippen LogP contribution in [0.25, 0.3) is 0 Å². The molecule has 2 N–H and O–H groups in total. The average Bonchev–Trinajstić information content (AvgIpc) is 2.39. The molecule has 0 fully saturated rings. The molecule has 1 aliphatic rings. The van der Waals surface area contributed by atoms with Gasteiger partial charge in [0.15, 0.2) is 5.75 Å². The van der Waals surface area contributed by atoms with Gasteiger partial charge in [-0.25, -0.2) is 0 Å². The highest BCUT2D eigenvalue weighted by Gasteiger charge is 2.21. The predicted molar refractivity (Wildman–Crippen MR) is 74.1 cm³/mol. The smallest absolute Gasteiger partial charge is 0.156 e. The molecule has 1 heterocycles. The number of rotatable bonds is 1. The number of hydrogen-bond acceptors (Lipinski definition) is 3. The molecule has 92 valence electrons. The number of fused-ring (bicyclic) bond motifs is 1. The number of hydrogen-bond donors (Lipinski definition) is 2. The molecule has 0 radical (unpaired) electrons. The molecule has 0 amide bonds. The van der Waals surface area contributed by atoms with Crippen molar-refractivity contribution < 1.29 is 9.84 Å². The van der Waals surface area contributed by atoms with Gasteiger partial charge >= 0.3 is 0 Å². The lowest BCUT2D eigenvalue weighted by Gasteiger charge is -2.28. The van der Waals surface area contributed by atoms with Crippen LogP contribution in [0.3, 0.4) is 0 Å². The van der Waals surface area contributed by atoms with E-state index in [2.05, 4.69) is 21.2 Å². The minimum absolute atomic E-state index is 0.0545. The molecule has 1 unspecified atom stereocenters. The topological polar surface area (TPSA) is 41.5 Å². The van der Waals surface area contributed by atoms with Gasteiger partial charge in [0.05, 0.1) is 16.2 Å². The minimum Gasteiger partial charge on any atom is -0.508 e. The van der Waals surface area contributed by atoms with Crippen molar-refractivity contribution in [1.82, 2.24) is 0 Å². The highest BCUT2D eigenvalue weighted by atomic mass is 79.9. The summed E-state index contributed by atoms with van der Waals surface area (Å²) in [6.07, 6.45) is 0. The zero-order valence-electron chi connectivity index (χ0n) is 9.56. The molecular formula is C14H12BrNO2. The Morgan fingerprint density at radius 1 is 1.22 bits per heavy atom. The number of benzene rings is 2. The fourth-order valence-corrected chi connectivity index (χ4v) is 2.57. The minimum atomic E-state index is 0.0545.